The zero-order valence-corrected chi connectivity index (χ0v) is 55.8. The largest absolute Gasteiger partial charge is 0.472 e. The molecule has 3 N–H and O–H groups in total. The first-order chi connectivity index (χ1) is 40.5. The standard InChI is InChI=1S/C74H133N2O6P/c1-6-8-10-12-14-16-18-20-22-24-26-28-30-31-32-33-34-35-36-37-38-39-40-41-42-43-44-45-46-48-50-52-54-56-58-60-62-64-66-68-74(78)75-72(71-82-83(79,80)81-70-69-76(3,4)5)73(77)67-65-63-61-59-57-55-53-51-49-47-29-27-25-23-21-19-17-15-13-11-9-7-2/h8,10,14,16,20,22,26,28,31-32,34-35,37-38,40-41,43-44,72-73,77H,6-7,9,11-13,15,17-19,21,23-25,27,29-30,33,36,39,42,45-71H2,1-5H3,(H-,75,78,79,80)/p+1/b10-8-,16-14-,22-20-,28-26-,32-31-,35-34-,38-37-,41-40-,44-43-. The zero-order valence-electron chi connectivity index (χ0n) is 54.9. The van der Waals surface area contributed by atoms with Crippen LogP contribution in [-0.2, 0) is 18.4 Å². The van der Waals surface area contributed by atoms with Crippen molar-refractivity contribution in [2.24, 2.45) is 0 Å². The molecule has 0 saturated carbocycles. The monoisotopic (exact) mass is 1180 g/mol. The SMILES string of the molecule is CC/C=C\C/C=C\C/C=C\C/C=C\C/C=C\C/C=C\C/C=C\C/C=C\C/C=C\CCCCCCCCCCCCCC(=O)NC(COP(=O)(O)OCC[N+](C)(C)C)C(O)CCCCCCCCCCCCCCCCCCCCCCCC. The molecular formula is C74H134N2O6P+. The number of allylic oxidation sites excluding steroid dienone is 18. The van der Waals surface area contributed by atoms with Crippen LogP contribution in [0.5, 0.6) is 0 Å². The summed E-state index contributed by atoms with van der Waals surface area (Å²) in [6.45, 7) is 4.80. The highest BCUT2D eigenvalue weighted by Gasteiger charge is 2.28. The van der Waals surface area contributed by atoms with Gasteiger partial charge in [0.05, 0.1) is 39.9 Å². The lowest BCUT2D eigenvalue weighted by Gasteiger charge is -2.26. The first kappa shape index (κ1) is 80.2. The zero-order chi connectivity index (χ0) is 60.5. The van der Waals surface area contributed by atoms with Crippen LogP contribution in [0.1, 0.15) is 303 Å². The van der Waals surface area contributed by atoms with Crippen LogP contribution in [0.2, 0.25) is 0 Å². The van der Waals surface area contributed by atoms with E-state index in [1.54, 1.807) is 0 Å². The minimum absolute atomic E-state index is 0.0706. The number of aliphatic hydroxyl groups is 1. The second-order valence-electron chi connectivity index (χ2n) is 24.5. The van der Waals surface area contributed by atoms with Gasteiger partial charge in [0.15, 0.2) is 0 Å². The highest BCUT2D eigenvalue weighted by molar-refractivity contribution is 7.47. The van der Waals surface area contributed by atoms with Gasteiger partial charge in [-0.1, -0.05) is 322 Å². The van der Waals surface area contributed by atoms with Crippen LogP contribution in [-0.4, -0.2) is 73.4 Å². The predicted molar refractivity (Wildman–Crippen MR) is 364 cm³/mol. The van der Waals surface area contributed by atoms with E-state index in [1.807, 2.05) is 21.1 Å². The van der Waals surface area contributed by atoms with E-state index >= 15 is 0 Å². The lowest BCUT2D eigenvalue weighted by molar-refractivity contribution is -0.870. The van der Waals surface area contributed by atoms with E-state index in [9.17, 15) is 19.4 Å². The molecule has 0 radical (unpaired) electrons. The van der Waals surface area contributed by atoms with Gasteiger partial charge in [0, 0.05) is 6.42 Å². The van der Waals surface area contributed by atoms with Crippen molar-refractivity contribution >= 4 is 13.7 Å². The lowest BCUT2D eigenvalue weighted by Crippen LogP contribution is -2.46. The molecule has 0 spiro atoms. The highest BCUT2D eigenvalue weighted by atomic mass is 31.2. The van der Waals surface area contributed by atoms with E-state index in [4.69, 9.17) is 9.05 Å². The second-order valence-corrected chi connectivity index (χ2v) is 26.0. The van der Waals surface area contributed by atoms with Gasteiger partial charge in [-0.15, -0.1) is 0 Å². The molecule has 0 aliphatic carbocycles. The van der Waals surface area contributed by atoms with Crippen molar-refractivity contribution in [3.8, 4) is 0 Å². The van der Waals surface area contributed by atoms with Crippen LogP contribution >= 0.6 is 7.82 Å². The Morgan fingerprint density at radius 1 is 0.422 bits per heavy atom. The molecule has 9 heteroatoms. The minimum atomic E-state index is -4.34. The Labute approximate surface area is 514 Å². The summed E-state index contributed by atoms with van der Waals surface area (Å²) >= 11 is 0. The first-order valence-electron chi connectivity index (χ1n) is 34.8. The molecule has 0 heterocycles. The van der Waals surface area contributed by atoms with E-state index < -0.39 is 20.0 Å². The van der Waals surface area contributed by atoms with Crippen LogP contribution in [0.3, 0.4) is 0 Å². The van der Waals surface area contributed by atoms with Crippen molar-refractivity contribution in [3.63, 3.8) is 0 Å². The van der Waals surface area contributed by atoms with Crippen molar-refractivity contribution in [1.29, 1.82) is 0 Å². The molecule has 0 saturated heterocycles. The summed E-state index contributed by atoms with van der Waals surface area (Å²) in [5.74, 6) is -0.148. The van der Waals surface area contributed by atoms with Gasteiger partial charge in [-0.25, -0.2) is 4.57 Å². The summed E-state index contributed by atoms with van der Waals surface area (Å²) in [7, 11) is 1.61. The summed E-state index contributed by atoms with van der Waals surface area (Å²) in [6.07, 6.45) is 93.2. The summed E-state index contributed by atoms with van der Waals surface area (Å²) in [6, 6.07) is -0.770. The molecule has 0 aromatic rings. The number of hydrogen-bond donors (Lipinski definition) is 3. The number of rotatable bonds is 63. The van der Waals surface area contributed by atoms with E-state index in [0.29, 0.717) is 23.9 Å². The molecule has 0 aliphatic rings. The third-order valence-corrected chi connectivity index (χ3v) is 16.3. The third-order valence-electron chi connectivity index (χ3n) is 15.3. The predicted octanol–water partition coefficient (Wildman–Crippen LogP) is 22.3. The van der Waals surface area contributed by atoms with Crippen LogP contribution in [0.25, 0.3) is 0 Å². The number of aliphatic hydroxyl groups excluding tert-OH is 1. The van der Waals surface area contributed by atoms with E-state index in [0.717, 1.165) is 96.3 Å². The Morgan fingerprint density at radius 2 is 0.723 bits per heavy atom. The number of unbranched alkanes of at least 4 members (excludes halogenated alkanes) is 32. The van der Waals surface area contributed by atoms with Crippen LogP contribution in [0.15, 0.2) is 109 Å². The molecule has 0 fully saturated rings. The number of nitrogens with zero attached hydrogens (tertiary/aromatic N) is 1. The molecule has 0 aromatic carbocycles. The molecule has 0 aromatic heterocycles. The molecule has 480 valence electrons. The molecule has 1 amide bonds. The van der Waals surface area contributed by atoms with Crippen LogP contribution in [0, 0.1) is 0 Å². The number of hydrogen-bond acceptors (Lipinski definition) is 5. The molecule has 3 unspecified atom stereocenters. The van der Waals surface area contributed by atoms with Gasteiger partial charge in [0.2, 0.25) is 5.91 Å². The molecular weight excluding hydrogens is 1040 g/mol. The molecule has 0 aliphatic heterocycles. The van der Waals surface area contributed by atoms with Gasteiger partial charge in [-0.2, -0.15) is 0 Å². The number of quaternary nitrogens is 1. The highest BCUT2D eigenvalue weighted by Crippen LogP contribution is 2.43. The van der Waals surface area contributed by atoms with E-state index in [-0.39, 0.29) is 19.1 Å². The maximum absolute atomic E-state index is 13.1. The van der Waals surface area contributed by atoms with Crippen LogP contribution in [0.4, 0.5) is 0 Å². The van der Waals surface area contributed by atoms with Gasteiger partial charge in [0.25, 0.3) is 0 Å². The van der Waals surface area contributed by atoms with Crippen molar-refractivity contribution < 1.29 is 32.9 Å². The summed E-state index contributed by atoms with van der Waals surface area (Å²) in [5.41, 5.74) is 0. The van der Waals surface area contributed by atoms with Gasteiger partial charge < -0.3 is 19.8 Å². The minimum Gasteiger partial charge on any atom is -0.391 e. The molecule has 3 atom stereocenters. The van der Waals surface area contributed by atoms with Gasteiger partial charge in [-0.3, -0.25) is 13.8 Å². The number of carbonyl (C=O) groups excluding carboxylic acids is 1. The number of amides is 1. The molecule has 83 heavy (non-hydrogen) atoms. The average Bonchev–Trinajstić information content (AvgIpc) is 3.50. The lowest BCUT2D eigenvalue weighted by atomic mass is 10.0. The number of carbonyl (C=O) groups is 1. The Morgan fingerprint density at radius 3 is 1.06 bits per heavy atom. The summed E-state index contributed by atoms with van der Waals surface area (Å²) in [4.78, 5) is 23.5. The third kappa shape index (κ3) is 66.5. The molecule has 0 bridgehead atoms. The maximum atomic E-state index is 13.1. The number of likely N-dealkylation sites (N-methyl/N-ethyl adjacent to an activating group) is 1. The Kier molecular flexibility index (Phi) is 61.5. The Bertz CT molecular complexity index is 1720. The quantitative estimate of drug-likeness (QED) is 0.0243. The first-order valence-corrected chi connectivity index (χ1v) is 36.2. The fraction of sp³-hybridized carbons (Fsp3) is 0.743. The normalized spacial score (nSPS) is 14.3. The van der Waals surface area contributed by atoms with E-state index in [1.165, 1.54) is 180 Å². The topological polar surface area (TPSA) is 105 Å². The molecule has 0 rings (SSSR count). The molecule has 8 nitrogen and oxygen atoms in total. The van der Waals surface area contributed by atoms with Crippen LogP contribution < -0.4 is 5.32 Å². The van der Waals surface area contributed by atoms with Gasteiger partial charge >= 0.3 is 7.82 Å². The fourth-order valence-electron chi connectivity index (χ4n) is 9.92. The average molecular weight is 1180 g/mol. The van der Waals surface area contributed by atoms with Gasteiger partial charge in [0.1, 0.15) is 13.2 Å². The number of phosphoric acid groups is 1. The number of nitrogens with one attached hydrogen (secondary N) is 1. The smallest absolute Gasteiger partial charge is 0.391 e. The number of phosphoric ester groups is 1. The van der Waals surface area contributed by atoms with Gasteiger partial charge in [-0.05, 0) is 83.5 Å². The maximum Gasteiger partial charge on any atom is 0.472 e. The van der Waals surface area contributed by atoms with Crippen molar-refractivity contribution in [3.05, 3.63) is 109 Å². The second kappa shape index (κ2) is 63.7. The van der Waals surface area contributed by atoms with Crippen molar-refractivity contribution in [1.82, 2.24) is 5.32 Å². The fourth-order valence-corrected chi connectivity index (χ4v) is 10.7. The van der Waals surface area contributed by atoms with Crippen molar-refractivity contribution in [2.45, 2.75) is 315 Å². The summed E-state index contributed by atoms with van der Waals surface area (Å²) in [5, 5.41) is 14.1. The Balaban J connectivity index is 4.07. The van der Waals surface area contributed by atoms with Crippen molar-refractivity contribution in [2.75, 3.05) is 40.9 Å². The van der Waals surface area contributed by atoms with E-state index in [2.05, 4.69) is 129 Å². The Hall–Kier alpha value is -2.84. The summed E-state index contributed by atoms with van der Waals surface area (Å²) < 4.78 is 23.9.